The van der Waals surface area contributed by atoms with Crippen molar-refractivity contribution in [2.45, 2.75) is 39.2 Å². The van der Waals surface area contributed by atoms with Crippen LogP contribution in [0.5, 0.6) is 0 Å². The van der Waals surface area contributed by atoms with Crippen molar-refractivity contribution in [3.05, 3.63) is 23.4 Å². The monoisotopic (exact) mass is 292 g/mol. The van der Waals surface area contributed by atoms with E-state index in [4.69, 9.17) is 10.6 Å². The Morgan fingerprint density at radius 3 is 3.00 bits per heavy atom. The van der Waals surface area contributed by atoms with E-state index in [0.717, 1.165) is 25.0 Å². The van der Waals surface area contributed by atoms with Crippen molar-refractivity contribution in [1.82, 2.24) is 9.88 Å². The molecule has 1 atom stereocenters. The van der Waals surface area contributed by atoms with E-state index in [1.54, 1.807) is 6.07 Å². The molecular weight excluding hydrogens is 268 g/mol. The maximum atomic E-state index is 12.7. The standard InChI is InChI=1S/C15H24N4O2/c1-3-5-12-8-11(9-14(17-12)18-16)15(20)19-6-7-21-13(4-2)10-19/h8-9,13H,3-7,10,16H2,1-2H3,(H,17,18). The predicted octanol–water partition coefficient (Wildman–Crippen LogP) is 1.57. The Hall–Kier alpha value is -1.66. The summed E-state index contributed by atoms with van der Waals surface area (Å²) in [6.45, 7) is 6.03. The van der Waals surface area contributed by atoms with Crippen molar-refractivity contribution in [1.29, 1.82) is 0 Å². The summed E-state index contributed by atoms with van der Waals surface area (Å²) in [5, 5.41) is 0. The lowest BCUT2D eigenvalue weighted by molar-refractivity contribution is -0.0226. The third kappa shape index (κ3) is 3.92. The second-order valence-corrected chi connectivity index (χ2v) is 5.28. The predicted molar refractivity (Wildman–Crippen MR) is 82.0 cm³/mol. The number of carbonyl (C=O) groups excluding carboxylic acids is 1. The van der Waals surface area contributed by atoms with Crippen LogP contribution in [0, 0.1) is 0 Å². The van der Waals surface area contributed by atoms with Crippen LogP contribution in [0.15, 0.2) is 12.1 Å². The molecule has 21 heavy (non-hydrogen) atoms. The molecular formula is C15H24N4O2. The van der Waals surface area contributed by atoms with Gasteiger partial charge >= 0.3 is 0 Å². The molecule has 1 aromatic heterocycles. The Morgan fingerprint density at radius 1 is 1.52 bits per heavy atom. The average molecular weight is 292 g/mol. The van der Waals surface area contributed by atoms with Crippen LogP contribution in [0.2, 0.25) is 0 Å². The number of aromatic nitrogens is 1. The van der Waals surface area contributed by atoms with Gasteiger partial charge in [-0.15, -0.1) is 0 Å². The Balaban J connectivity index is 2.19. The number of ether oxygens (including phenoxy) is 1. The number of aryl methyl sites for hydroxylation is 1. The second-order valence-electron chi connectivity index (χ2n) is 5.28. The van der Waals surface area contributed by atoms with E-state index in [0.29, 0.717) is 31.1 Å². The number of morpholine rings is 1. The molecule has 0 saturated carbocycles. The van der Waals surface area contributed by atoms with Crippen molar-refractivity contribution in [2.75, 3.05) is 25.1 Å². The van der Waals surface area contributed by atoms with Crippen LogP contribution in [0.3, 0.4) is 0 Å². The van der Waals surface area contributed by atoms with E-state index in [1.807, 2.05) is 11.0 Å². The highest BCUT2D eigenvalue weighted by molar-refractivity contribution is 5.95. The number of rotatable bonds is 5. The van der Waals surface area contributed by atoms with Gasteiger partial charge in [-0.25, -0.2) is 10.8 Å². The SMILES string of the molecule is CCCc1cc(C(=O)N2CCOC(CC)C2)cc(NN)n1. The number of hydrogen-bond donors (Lipinski definition) is 2. The van der Waals surface area contributed by atoms with Gasteiger partial charge in [0.15, 0.2) is 0 Å². The summed E-state index contributed by atoms with van der Waals surface area (Å²) in [4.78, 5) is 18.9. The molecule has 1 aliphatic heterocycles. The maximum absolute atomic E-state index is 12.7. The third-order valence-corrected chi connectivity index (χ3v) is 3.66. The van der Waals surface area contributed by atoms with Crippen LogP contribution in [0.4, 0.5) is 5.82 Å². The summed E-state index contributed by atoms with van der Waals surface area (Å²) in [5.74, 6) is 6.00. The van der Waals surface area contributed by atoms with E-state index < -0.39 is 0 Å². The molecule has 1 aromatic rings. The fourth-order valence-corrected chi connectivity index (χ4v) is 2.50. The summed E-state index contributed by atoms with van der Waals surface area (Å²) in [5.41, 5.74) is 4.06. The summed E-state index contributed by atoms with van der Waals surface area (Å²) in [7, 11) is 0. The molecule has 0 bridgehead atoms. The van der Waals surface area contributed by atoms with Gasteiger partial charge in [-0.2, -0.15) is 0 Å². The van der Waals surface area contributed by atoms with E-state index in [-0.39, 0.29) is 12.0 Å². The van der Waals surface area contributed by atoms with Crippen LogP contribution >= 0.6 is 0 Å². The highest BCUT2D eigenvalue weighted by atomic mass is 16.5. The number of nitrogens with one attached hydrogen (secondary N) is 1. The Kier molecular flexibility index (Phi) is 5.52. The van der Waals surface area contributed by atoms with Crippen molar-refractivity contribution in [3.63, 3.8) is 0 Å². The minimum absolute atomic E-state index is 0.0213. The number of nitrogens with zero attached hydrogens (tertiary/aromatic N) is 2. The number of hydrazine groups is 1. The molecule has 6 nitrogen and oxygen atoms in total. The molecule has 0 aromatic carbocycles. The Morgan fingerprint density at radius 2 is 2.33 bits per heavy atom. The van der Waals surface area contributed by atoms with Gasteiger partial charge in [-0.1, -0.05) is 20.3 Å². The molecule has 1 aliphatic rings. The van der Waals surface area contributed by atoms with Gasteiger partial charge in [-0.05, 0) is 25.0 Å². The third-order valence-electron chi connectivity index (χ3n) is 3.66. The van der Waals surface area contributed by atoms with Crippen molar-refractivity contribution in [3.8, 4) is 0 Å². The minimum atomic E-state index is 0.0213. The summed E-state index contributed by atoms with van der Waals surface area (Å²) < 4.78 is 5.61. The number of amides is 1. The van der Waals surface area contributed by atoms with Gasteiger partial charge in [0.1, 0.15) is 5.82 Å². The zero-order valence-electron chi connectivity index (χ0n) is 12.8. The summed E-state index contributed by atoms with van der Waals surface area (Å²) in [6, 6.07) is 3.57. The highest BCUT2D eigenvalue weighted by Gasteiger charge is 2.24. The summed E-state index contributed by atoms with van der Waals surface area (Å²) in [6.07, 6.45) is 2.85. The van der Waals surface area contributed by atoms with E-state index in [1.165, 1.54) is 0 Å². The lowest BCUT2D eigenvalue weighted by atomic mass is 10.1. The number of carbonyl (C=O) groups is 1. The van der Waals surface area contributed by atoms with Crippen molar-refractivity contribution < 1.29 is 9.53 Å². The van der Waals surface area contributed by atoms with Gasteiger partial charge in [0, 0.05) is 24.3 Å². The fraction of sp³-hybridized carbons (Fsp3) is 0.600. The first-order valence-corrected chi connectivity index (χ1v) is 7.56. The lowest BCUT2D eigenvalue weighted by Gasteiger charge is -2.32. The van der Waals surface area contributed by atoms with Crippen LogP contribution in [0.25, 0.3) is 0 Å². The van der Waals surface area contributed by atoms with Gasteiger partial charge in [0.05, 0.1) is 12.7 Å². The van der Waals surface area contributed by atoms with Gasteiger partial charge in [0.25, 0.3) is 5.91 Å². The van der Waals surface area contributed by atoms with Gasteiger partial charge in [-0.3, -0.25) is 4.79 Å². The molecule has 6 heteroatoms. The Bertz CT molecular complexity index is 493. The molecule has 1 saturated heterocycles. The number of anilines is 1. The van der Waals surface area contributed by atoms with Crippen LogP contribution in [0.1, 0.15) is 42.7 Å². The molecule has 0 radical (unpaired) electrons. The first kappa shape index (κ1) is 15.7. The van der Waals surface area contributed by atoms with E-state index in [9.17, 15) is 4.79 Å². The van der Waals surface area contributed by atoms with Crippen molar-refractivity contribution >= 4 is 11.7 Å². The number of nitrogen functional groups attached to an aromatic ring is 1. The number of nitrogens with two attached hydrogens (primary N) is 1. The molecule has 2 rings (SSSR count). The van der Waals surface area contributed by atoms with Crippen LogP contribution < -0.4 is 11.3 Å². The van der Waals surface area contributed by atoms with Crippen LogP contribution in [-0.4, -0.2) is 41.6 Å². The second kappa shape index (κ2) is 7.38. The smallest absolute Gasteiger partial charge is 0.254 e. The lowest BCUT2D eigenvalue weighted by Crippen LogP contribution is -2.45. The van der Waals surface area contributed by atoms with E-state index in [2.05, 4.69) is 24.3 Å². The molecule has 1 amide bonds. The highest BCUT2D eigenvalue weighted by Crippen LogP contribution is 2.16. The minimum Gasteiger partial charge on any atom is -0.375 e. The normalized spacial score (nSPS) is 18.6. The van der Waals surface area contributed by atoms with Crippen LogP contribution in [-0.2, 0) is 11.2 Å². The molecule has 2 heterocycles. The average Bonchev–Trinajstić information content (AvgIpc) is 2.54. The summed E-state index contributed by atoms with van der Waals surface area (Å²) >= 11 is 0. The van der Waals surface area contributed by atoms with E-state index >= 15 is 0 Å². The van der Waals surface area contributed by atoms with Gasteiger partial charge in [0.2, 0.25) is 0 Å². The van der Waals surface area contributed by atoms with Gasteiger partial charge < -0.3 is 15.1 Å². The first-order valence-electron chi connectivity index (χ1n) is 7.56. The zero-order chi connectivity index (χ0) is 15.2. The zero-order valence-corrected chi connectivity index (χ0v) is 12.8. The largest absolute Gasteiger partial charge is 0.375 e. The fourth-order valence-electron chi connectivity index (χ4n) is 2.50. The molecule has 0 spiro atoms. The topological polar surface area (TPSA) is 80.5 Å². The maximum Gasteiger partial charge on any atom is 0.254 e. The first-order chi connectivity index (χ1) is 10.2. The molecule has 1 fully saturated rings. The Labute approximate surface area is 125 Å². The van der Waals surface area contributed by atoms with Crippen molar-refractivity contribution in [2.24, 2.45) is 5.84 Å². The molecule has 1 unspecified atom stereocenters. The molecule has 0 aliphatic carbocycles. The molecule has 3 N–H and O–H groups in total. The molecule has 116 valence electrons. The number of pyridine rings is 1. The number of hydrogen-bond acceptors (Lipinski definition) is 5. The quantitative estimate of drug-likeness (QED) is 0.636.